The Labute approximate surface area is 84.8 Å². The molecule has 2 aliphatic heterocycles. The summed E-state index contributed by atoms with van der Waals surface area (Å²) < 4.78 is 5.32. The predicted octanol–water partition coefficient (Wildman–Crippen LogP) is 1.62. The van der Waals surface area contributed by atoms with Crippen molar-refractivity contribution >= 4 is 6.09 Å². The highest BCUT2D eigenvalue weighted by atomic mass is 16.6. The number of hydrogen-bond acceptors (Lipinski definition) is 3. The number of hydrazine groups is 1. The van der Waals surface area contributed by atoms with Gasteiger partial charge in [0, 0.05) is 19.1 Å². The van der Waals surface area contributed by atoms with Gasteiger partial charge in [-0.2, -0.15) is 0 Å². The van der Waals surface area contributed by atoms with E-state index in [4.69, 9.17) is 4.74 Å². The first-order valence-corrected chi connectivity index (χ1v) is 5.24. The lowest BCUT2D eigenvalue weighted by Crippen LogP contribution is -2.53. The quantitative estimate of drug-likeness (QED) is 0.593. The maximum atomic E-state index is 11.7. The van der Waals surface area contributed by atoms with Gasteiger partial charge >= 0.3 is 6.09 Å². The second kappa shape index (κ2) is 3.12. The predicted molar refractivity (Wildman–Crippen MR) is 52.7 cm³/mol. The third-order valence-corrected chi connectivity index (χ3v) is 2.70. The van der Waals surface area contributed by atoms with E-state index in [1.807, 2.05) is 20.8 Å². The largest absolute Gasteiger partial charge is 0.443 e. The molecule has 0 aromatic rings. The molecule has 2 rings (SSSR count). The monoisotopic (exact) mass is 198 g/mol. The lowest BCUT2D eigenvalue weighted by atomic mass is 10.1. The van der Waals surface area contributed by atoms with Gasteiger partial charge in [0.15, 0.2) is 0 Å². The Kier molecular flexibility index (Phi) is 2.18. The minimum Gasteiger partial charge on any atom is -0.443 e. The van der Waals surface area contributed by atoms with Crippen molar-refractivity contribution in [2.45, 2.75) is 45.3 Å². The van der Waals surface area contributed by atoms with E-state index in [1.165, 1.54) is 6.42 Å². The molecule has 2 heterocycles. The molecule has 14 heavy (non-hydrogen) atoms. The standard InChI is InChI=1S/C10H18N2O2/c1-10(2,3)14-9(13)12-7-5-8-4-6-11(8)12/h8H,4-7H2,1-3H3. The first-order valence-electron chi connectivity index (χ1n) is 5.24. The van der Waals surface area contributed by atoms with E-state index in [2.05, 4.69) is 5.01 Å². The summed E-state index contributed by atoms with van der Waals surface area (Å²) >= 11 is 0. The fraction of sp³-hybridized carbons (Fsp3) is 0.900. The number of rotatable bonds is 0. The highest BCUT2D eigenvalue weighted by Crippen LogP contribution is 2.30. The molecule has 4 nitrogen and oxygen atoms in total. The van der Waals surface area contributed by atoms with E-state index < -0.39 is 0 Å². The smallest absolute Gasteiger partial charge is 0.424 e. The van der Waals surface area contributed by atoms with Crippen LogP contribution in [0.5, 0.6) is 0 Å². The highest BCUT2D eigenvalue weighted by Gasteiger charge is 2.42. The fourth-order valence-electron chi connectivity index (χ4n) is 1.95. The van der Waals surface area contributed by atoms with Crippen molar-refractivity contribution in [3.8, 4) is 0 Å². The normalized spacial score (nSPS) is 27.1. The van der Waals surface area contributed by atoms with Crippen molar-refractivity contribution in [3.05, 3.63) is 0 Å². The fourth-order valence-corrected chi connectivity index (χ4v) is 1.95. The van der Waals surface area contributed by atoms with E-state index in [0.717, 1.165) is 19.5 Å². The molecule has 1 atom stereocenters. The van der Waals surface area contributed by atoms with Crippen LogP contribution in [0.4, 0.5) is 4.79 Å². The second-order valence-corrected chi connectivity index (χ2v) is 5.00. The molecule has 80 valence electrons. The zero-order valence-electron chi connectivity index (χ0n) is 9.12. The summed E-state index contributed by atoms with van der Waals surface area (Å²) in [6, 6.07) is 0.600. The number of ether oxygens (including phenoxy) is 1. The summed E-state index contributed by atoms with van der Waals surface area (Å²) in [6.07, 6.45) is 2.12. The summed E-state index contributed by atoms with van der Waals surface area (Å²) in [5, 5.41) is 3.87. The van der Waals surface area contributed by atoms with Crippen LogP contribution in [0.1, 0.15) is 33.6 Å². The van der Waals surface area contributed by atoms with E-state index >= 15 is 0 Å². The van der Waals surface area contributed by atoms with E-state index in [-0.39, 0.29) is 11.7 Å². The molecule has 4 heteroatoms. The Balaban J connectivity index is 1.92. The SMILES string of the molecule is CC(C)(C)OC(=O)N1CCC2CCN21. The van der Waals surface area contributed by atoms with Crippen LogP contribution in [-0.4, -0.2) is 40.8 Å². The molecule has 0 spiro atoms. The Morgan fingerprint density at radius 2 is 1.93 bits per heavy atom. The van der Waals surface area contributed by atoms with Crippen LogP contribution in [-0.2, 0) is 4.74 Å². The molecule has 1 unspecified atom stereocenters. The van der Waals surface area contributed by atoms with Crippen LogP contribution in [0.25, 0.3) is 0 Å². The van der Waals surface area contributed by atoms with Crippen molar-refractivity contribution in [3.63, 3.8) is 0 Å². The van der Waals surface area contributed by atoms with Gasteiger partial charge in [-0.05, 0) is 33.6 Å². The maximum absolute atomic E-state index is 11.7. The Morgan fingerprint density at radius 3 is 2.36 bits per heavy atom. The van der Waals surface area contributed by atoms with Crippen LogP contribution in [0.3, 0.4) is 0 Å². The first kappa shape index (κ1) is 9.77. The number of carbonyl (C=O) groups is 1. The molecule has 0 aromatic carbocycles. The minimum absolute atomic E-state index is 0.195. The average Bonchev–Trinajstić information content (AvgIpc) is 2.22. The highest BCUT2D eigenvalue weighted by molar-refractivity contribution is 5.68. The number of fused-ring (bicyclic) bond motifs is 1. The Hall–Kier alpha value is -0.770. The number of hydrogen-bond donors (Lipinski definition) is 0. The summed E-state index contributed by atoms with van der Waals surface area (Å²) in [5.41, 5.74) is -0.389. The minimum atomic E-state index is -0.389. The summed E-state index contributed by atoms with van der Waals surface area (Å²) in [7, 11) is 0. The van der Waals surface area contributed by atoms with Gasteiger partial charge in [0.1, 0.15) is 5.60 Å². The van der Waals surface area contributed by atoms with Crippen LogP contribution in [0, 0.1) is 0 Å². The van der Waals surface area contributed by atoms with Gasteiger partial charge in [-0.1, -0.05) is 0 Å². The molecule has 2 fully saturated rings. The molecule has 0 radical (unpaired) electrons. The van der Waals surface area contributed by atoms with E-state index in [1.54, 1.807) is 5.01 Å². The Morgan fingerprint density at radius 1 is 1.29 bits per heavy atom. The van der Waals surface area contributed by atoms with Gasteiger partial charge in [-0.25, -0.2) is 14.8 Å². The molecule has 2 aliphatic rings. The lowest BCUT2D eigenvalue weighted by molar-refractivity contribution is -0.0709. The zero-order chi connectivity index (χ0) is 10.3. The first-order chi connectivity index (χ1) is 6.47. The van der Waals surface area contributed by atoms with Gasteiger partial charge in [-0.15, -0.1) is 0 Å². The van der Waals surface area contributed by atoms with Crippen molar-refractivity contribution in [2.75, 3.05) is 13.1 Å². The van der Waals surface area contributed by atoms with Crippen molar-refractivity contribution < 1.29 is 9.53 Å². The molecule has 0 aromatic heterocycles. The topological polar surface area (TPSA) is 32.8 Å². The van der Waals surface area contributed by atoms with Crippen LogP contribution >= 0.6 is 0 Å². The third-order valence-electron chi connectivity index (χ3n) is 2.70. The molecule has 0 N–H and O–H groups in total. The van der Waals surface area contributed by atoms with Crippen LogP contribution in [0.2, 0.25) is 0 Å². The lowest BCUT2D eigenvalue weighted by Gasteiger charge is -2.40. The maximum Gasteiger partial charge on any atom is 0.424 e. The molecular formula is C10H18N2O2. The molecule has 0 saturated carbocycles. The average molecular weight is 198 g/mol. The van der Waals surface area contributed by atoms with E-state index in [0.29, 0.717) is 6.04 Å². The van der Waals surface area contributed by atoms with Gasteiger partial charge < -0.3 is 4.74 Å². The van der Waals surface area contributed by atoms with Crippen molar-refractivity contribution in [1.29, 1.82) is 0 Å². The van der Waals surface area contributed by atoms with Gasteiger partial charge in [0.2, 0.25) is 0 Å². The van der Waals surface area contributed by atoms with Gasteiger partial charge in [0.05, 0.1) is 0 Å². The third kappa shape index (κ3) is 1.71. The van der Waals surface area contributed by atoms with Crippen LogP contribution < -0.4 is 0 Å². The molecule has 0 aliphatic carbocycles. The molecule has 2 saturated heterocycles. The number of amides is 1. The summed E-state index contributed by atoms with van der Waals surface area (Å²) in [6.45, 7) is 7.52. The summed E-state index contributed by atoms with van der Waals surface area (Å²) in [4.78, 5) is 11.7. The van der Waals surface area contributed by atoms with Gasteiger partial charge in [0.25, 0.3) is 0 Å². The zero-order valence-corrected chi connectivity index (χ0v) is 9.12. The van der Waals surface area contributed by atoms with Crippen molar-refractivity contribution in [2.24, 2.45) is 0 Å². The molecule has 0 bridgehead atoms. The Bertz CT molecular complexity index is 247. The van der Waals surface area contributed by atoms with Crippen LogP contribution in [0.15, 0.2) is 0 Å². The molecular weight excluding hydrogens is 180 g/mol. The van der Waals surface area contributed by atoms with Crippen molar-refractivity contribution in [1.82, 2.24) is 10.0 Å². The van der Waals surface area contributed by atoms with Gasteiger partial charge in [-0.3, -0.25) is 0 Å². The number of carbonyl (C=O) groups excluding carboxylic acids is 1. The summed E-state index contributed by atoms with van der Waals surface area (Å²) in [5.74, 6) is 0. The molecule has 1 amide bonds. The van der Waals surface area contributed by atoms with E-state index in [9.17, 15) is 4.79 Å². The number of nitrogens with zero attached hydrogens (tertiary/aromatic N) is 2. The second-order valence-electron chi connectivity index (χ2n) is 5.00.